The van der Waals surface area contributed by atoms with Crippen molar-refractivity contribution in [2.45, 2.75) is 0 Å². The summed E-state index contributed by atoms with van der Waals surface area (Å²) in [6.45, 7) is 0. The van der Waals surface area contributed by atoms with Gasteiger partial charge < -0.3 is 0 Å². The Morgan fingerprint density at radius 1 is 1.14 bits per heavy atom. The van der Waals surface area contributed by atoms with Gasteiger partial charge in [-0.05, 0) is 40.2 Å². The van der Waals surface area contributed by atoms with Crippen LogP contribution in [0.5, 0.6) is 0 Å². The fourth-order valence-corrected chi connectivity index (χ4v) is 2.75. The van der Waals surface area contributed by atoms with Gasteiger partial charge in [0.05, 0.1) is 11.3 Å². The number of carbonyl (C=O) groups is 1. The van der Waals surface area contributed by atoms with Gasteiger partial charge in [-0.3, -0.25) is 4.79 Å². The van der Waals surface area contributed by atoms with Crippen LogP contribution in [0.1, 0.15) is 10.4 Å². The number of aromatic nitrogens is 2. The van der Waals surface area contributed by atoms with Crippen molar-refractivity contribution < 1.29 is 4.79 Å². The second kappa shape index (κ2) is 5.84. The summed E-state index contributed by atoms with van der Waals surface area (Å²) in [7, 11) is 0. The Balaban J connectivity index is 2.15. The molecule has 0 N–H and O–H groups in total. The van der Waals surface area contributed by atoms with E-state index in [1.807, 2.05) is 36.4 Å². The molecule has 0 amide bonds. The van der Waals surface area contributed by atoms with E-state index in [1.165, 1.54) is 0 Å². The van der Waals surface area contributed by atoms with Crippen molar-refractivity contribution in [3.63, 3.8) is 0 Å². The Labute approximate surface area is 135 Å². The smallest absolute Gasteiger partial charge is 0.153 e. The van der Waals surface area contributed by atoms with Gasteiger partial charge in [0, 0.05) is 21.3 Å². The third kappa shape index (κ3) is 2.77. The van der Waals surface area contributed by atoms with Crippen molar-refractivity contribution in [1.82, 2.24) is 9.78 Å². The van der Waals surface area contributed by atoms with Crippen molar-refractivity contribution in [2.75, 3.05) is 0 Å². The SMILES string of the molecule is O=Cc1cn(-c2ccccc2Br)nc1-c1cccc(Cl)c1. The second-order valence-electron chi connectivity index (χ2n) is 4.46. The summed E-state index contributed by atoms with van der Waals surface area (Å²) in [5, 5.41) is 5.13. The maximum atomic E-state index is 11.3. The molecule has 21 heavy (non-hydrogen) atoms. The maximum absolute atomic E-state index is 11.3. The molecule has 0 atom stereocenters. The van der Waals surface area contributed by atoms with E-state index in [9.17, 15) is 4.79 Å². The van der Waals surface area contributed by atoms with Crippen LogP contribution < -0.4 is 0 Å². The van der Waals surface area contributed by atoms with Gasteiger partial charge in [-0.15, -0.1) is 0 Å². The van der Waals surface area contributed by atoms with Crippen molar-refractivity contribution in [3.05, 3.63) is 69.8 Å². The van der Waals surface area contributed by atoms with Crippen molar-refractivity contribution in [1.29, 1.82) is 0 Å². The van der Waals surface area contributed by atoms with E-state index in [1.54, 1.807) is 23.0 Å². The molecule has 104 valence electrons. The molecule has 0 saturated carbocycles. The molecule has 0 saturated heterocycles. The fraction of sp³-hybridized carbons (Fsp3) is 0. The van der Waals surface area contributed by atoms with Crippen molar-refractivity contribution >= 4 is 33.8 Å². The highest BCUT2D eigenvalue weighted by molar-refractivity contribution is 9.10. The summed E-state index contributed by atoms with van der Waals surface area (Å²) < 4.78 is 2.59. The molecular formula is C16H10BrClN2O. The van der Waals surface area contributed by atoms with Crippen LogP contribution >= 0.6 is 27.5 Å². The first-order valence-corrected chi connectivity index (χ1v) is 7.42. The van der Waals surface area contributed by atoms with Crippen LogP contribution in [0.15, 0.2) is 59.2 Å². The average molecular weight is 362 g/mol. The predicted octanol–water partition coefficient (Wildman–Crippen LogP) is 4.77. The quantitative estimate of drug-likeness (QED) is 0.630. The van der Waals surface area contributed by atoms with Crippen LogP contribution in [-0.2, 0) is 0 Å². The van der Waals surface area contributed by atoms with Crippen LogP contribution in [0.25, 0.3) is 16.9 Å². The van der Waals surface area contributed by atoms with Crippen LogP contribution in [0.3, 0.4) is 0 Å². The topological polar surface area (TPSA) is 34.9 Å². The molecule has 2 aromatic carbocycles. The Hall–Kier alpha value is -1.91. The van der Waals surface area contributed by atoms with E-state index in [4.69, 9.17) is 11.6 Å². The highest BCUT2D eigenvalue weighted by atomic mass is 79.9. The lowest BCUT2D eigenvalue weighted by atomic mass is 10.1. The van der Waals surface area contributed by atoms with Crippen molar-refractivity contribution in [3.8, 4) is 16.9 Å². The van der Waals surface area contributed by atoms with E-state index < -0.39 is 0 Å². The first-order chi connectivity index (χ1) is 10.2. The lowest BCUT2D eigenvalue weighted by Gasteiger charge is -2.03. The second-order valence-corrected chi connectivity index (χ2v) is 5.75. The number of para-hydroxylation sites is 1. The zero-order valence-electron chi connectivity index (χ0n) is 10.8. The number of hydrogen-bond donors (Lipinski definition) is 0. The minimum Gasteiger partial charge on any atom is -0.298 e. The van der Waals surface area contributed by atoms with Crippen molar-refractivity contribution in [2.24, 2.45) is 0 Å². The van der Waals surface area contributed by atoms with E-state index in [0.29, 0.717) is 16.3 Å². The number of hydrogen-bond acceptors (Lipinski definition) is 2. The lowest BCUT2D eigenvalue weighted by molar-refractivity contribution is 0.112. The van der Waals surface area contributed by atoms with Crippen LogP contribution in [0.4, 0.5) is 0 Å². The van der Waals surface area contributed by atoms with Gasteiger partial charge in [-0.25, -0.2) is 4.68 Å². The van der Waals surface area contributed by atoms with E-state index >= 15 is 0 Å². The Kier molecular flexibility index (Phi) is 3.90. The normalized spacial score (nSPS) is 10.6. The number of aldehydes is 1. The van der Waals surface area contributed by atoms with Gasteiger partial charge >= 0.3 is 0 Å². The Morgan fingerprint density at radius 2 is 1.95 bits per heavy atom. The molecule has 3 nitrogen and oxygen atoms in total. The van der Waals surface area contributed by atoms with Gasteiger partial charge in [0.1, 0.15) is 5.69 Å². The van der Waals surface area contributed by atoms with Crippen LogP contribution in [0.2, 0.25) is 5.02 Å². The molecular weight excluding hydrogens is 352 g/mol. The number of rotatable bonds is 3. The molecule has 0 spiro atoms. The summed E-state index contributed by atoms with van der Waals surface area (Å²) in [4.78, 5) is 11.3. The molecule has 3 rings (SSSR count). The highest BCUT2D eigenvalue weighted by Gasteiger charge is 2.13. The van der Waals surface area contributed by atoms with E-state index in [2.05, 4.69) is 21.0 Å². The molecule has 1 aromatic heterocycles. The molecule has 0 unspecified atom stereocenters. The van der Waals surface area contributed by atoms with Gasteiger partial charge in [0.2, 0.25) is 0 Å². The number of nitrogens with zero attached hydrogens (tertiary/aromatic N) is 2. The summed E-state index contributed by atoms with van der Waals surface area (Å²) in [6.07, 6.45) is 2.51. The largest absolute Gasteiger partial charge is 0.298 e. The average Bonchev–Trinajstić information content (AvgIpc) is 2.92. The standard InChI is InChI=1S/C16H10BrClN2O/c17-14-6-1-2-7-15(14)20-9-12(10-21)16(19-20)11-4-3-5-13(18)8-11/h1-10H. The Morgan fingerprint density at radius 3 is 2.67 bits per heavy atom. The maximum Gasteiger partial charge on any atom is 0.153 e. The fourth-order valence-electron chi connectivity index (χ4n) is 2.09. The lowest BCUT2D eigenvalue weighted by Crippen LogP contribution is -1.95. The highest BCUT2D eigenvalue weighted by Crippen LogP contribution is 2.27. The van der Waals surface area contributed by atoms with Crippen LogP contribution in [-0.4, -0.2) is 16.1 Å². The minimum atomic E-state index is 0.521. The summed E-state index contributed by atoms with van der Waals surface area (Å²) in [5.74, 6) is 0. The molecule has 0 bridgehead atoms. The molecule has 3 aromatic rings. The summed E-state index contributed by atoms with van der Waals surface area (Å²) in [6, 6.07) is 15.0. The zero-order valence-corrected chi connectivity index (χ0v) is 13.2. The summed E-state index contributed by atoms with van der Waals surface area (Å²) >= 11 is 9.50. The molecule has 0 aliphatic carbocycles. The zero-order chi connectivity index (χ0) is 14.8. The third-order valence-corrected chi connectivity index (χ3v) is 3.97. The van der Waals surface area contributed by atoms with Gasteiger partial charge in [0.15, 0.2) is 6.29 Å². The summed E-state index contributed by atoms with van der Waals surface area (Å²) in [5.41, 5.74) is 2.82. The first-order valence-electron chi connectivity index (χ1n) is 6.25. The molecule has 0 fully saturated rings. The van der Waals surface area contributed by atoms with Gasteiger partial charge in [-0.1, -0.05) is 35.9 Å². The Bertz CT molecular complexity index is 814. The molecule has 0 aliphatic rings. The van der Waals surface area contributed by atoms with Crippen LogP contribution in [0, 0.1) is 0 Å². The molecule has 5 heteroatoms. The van der Waals surface area contributed by atoms with E-state index in [0.717, 1.165) is 22.0 Å². The number of carbonyl (C=O) groups excluding carboxylic acids is 1. The molecule has 0 radical (unpaired) electrons. The third-order valence-electron chi connectivity index (χ3n) is 3.07. The first kappa shape index (κ1) is 14.0. The monoisotopic (exact) mass is 360 g/mol. The van der Waals surface area contributed by atoms with E-state index in [-0.39, 0.29) is 0 Å². The molecule has 0 aliphatic heterocycles. The number of halogens is 2. The predicted molar refractivity (Wildman–Crippen MR) is 87.1 cm³/mol. The molecule has 1 heterocycles. The number of benzene rings is 2. The minimum absolute atomic E-state index is 0.521. The van der Waals surface area contributed by atoms with Gasteiger partial charge in [0.25, 0.3) is 0 Å². The van der Waals surface area contributed by atoms with Gasteiger partial charge in [-0.2, -0.15) is 5.10 Å².